The van der Waals surface area contributed by atoms with E-state index >= 15 is 0 Å². The summed E-state index contributed by atoms with van der Waals surface area (Å²) in [5, 5.41) is 0. The molecule has 1 aliphatic carbocycles. The van der Waals surface area contributed by atoms with Crippen molar-refractivity contribution in [1.82, 2.24) is 14.5 Å². The van der Waals surface area contributed by atoms with Gasteiger partial charge in [-0.05, 0) is 44.7 Å². The Morgan fingerprint density at radius 3 is 2.33 bits per heavy atom. The van der Waals surface area contributed by atoms with Crippen LogP contribution in [0.4, 0.5) is 0 Å². The molecular formula is C22H33N3O4S. The van der Waals surface area contributed by atoms with Crippen LogP contribution in [-0.4, -0.2) is 61.7 Å². The molecule has 0 radical (unpaired) electrons. The van der Waals surface area contributed by atoms with Crippen LogP contribution in [0.15, 0.2) is 29.2 Å². The molecule has 3 rings (SSSR count). The minimum absolute atomic E-state index is 0.0675. The molecule has 1 aromatic rings. The van der Waals surface area contributed by atoms with Crippen LogP contribution in [0, 0.1) is 18.8 Å². The first kappa shape index (κ1) is 22.7. The summed E-state index contributed by atoms with van der Waals surface area (Å²) in [7, 11) is -3.82. The van der Waals surface area contributed by atoms with Crippen molar-refractivity contribution in [1.29, 1.82) is 0 Å². The maximum atomic E-state index is 13.3. The normalized spacial score (nSPS) is 21.9. The summed E-state index contributed by atoms with van der Waals surface area (Å²) in [6.45, 7) is 9.03. The van der Waals surface area contributed by atoms with Gasteiger partial charge in [0.05, 0.1) is 4.90 Å². The highest BCUT2D eigenvalue weighted by atomic mass is 32.2. The zero-order chi connectivity index (χ0) is 22.1. The molecule has 1 saturated carbocycles. The number of hydrogen-bond acceptors (Lipinski definition) is 4. The molecule has 7 nitrogen and oxygen atoms in total. The summed E-state index contributed by atoms with van der Waals surface area (Å²) in [6.07, 6.45) is 2.59. The van der Waals surface area contributed by atoms with Crippen LogP contribution < -0.4 is 4.72 Å². The second-order valence-electron chi connectivity index (χ2n) is 8.74. The van der Waals surface area contributed by atoms with Gasteiger partial charge in [0, 0.05) is 31.6 Å². The minimum Gasteiger partial charge on any atom is -0.337 e. The van der Waals surface area contributed by atoms with Gasteiger partial charge in [-0.1, -0.05) is 38.0 Å². The number of nitrogens with one attached hydrogen (secondary N) is 1. The third kappa shape index (κ3) is 5.03. The zero-order valence-electron chi connectivity index (χ0n) is 18.3. The zero-order valence-corrected chi connectivity index (χ0v) is 19.1. The van der Waals surface area contributed by atoms with Crippen LogP contribution >= 0.6 is 0 Å². The number of rotatable bonds is 7. The Kier molecular flexibility index (Phi) is 6.87. The molecule has 1 saturated heterocycles. The summed E-state index contributed by atoms with van der Waals surface area (Å²) in [5.74, 6) is -0.0263. The van der Waals surface area contributed by atoms with E-state index < -0.39 is 16.1 Å². The van der Waals surface area contributed by atoms with Crippen LogP contribution in [0.2, 0.25) is 0 Å². The molecule has 2 amide bonds. The highest BCUT2D eigenvalue weighted by Gasteiger charge is 2.40. The second kappa shape index (κ2) is 9.06. The van der Waals surface area contributed by atoms with Gasteiger partial charge in [0.25, 0.3) is 0 Å². The number of aryl methyl sites for hydroxylation is 1. The molecule has 0 bridgehead atoms. The fourth-order valence-corrected chi connectivity index (χ4v) is 5.14. The molecule has 0 aromatic heterocycles. The Morgan fingerprint density at radius 1 is 1.17 bits per heavy atom. The third-order valence-electron chi connectivity index (χ3n) is 6.24. The third-order valence-corrected chi connectivity index (χ3v) is 7.70. The van der Waals surface area contributed by atoms with Gasteiger partial charge >= 0.3 is 0 Å². The number of nitrogens with zero attached hydrogens (tertiary/aromatic N) is 2. The molecule has 2 fully saturated rings. The van der Waals surface area contributed by atoms with E-state index in [0.717, 1.165) is 18.4 Å². The second-order valence-corrected chi connectivity index (χ2v) is 10.5. The fourth-order valence-electron chi connectivity index (χ4n) is 3.84. The van der Waals surface area contributed by atoms with Gasteiger partial charge in [-0.25, -0.2) is 8.42 Å². The van der Waals surface area contributed by atoms with Gasteiger partial charge in [-0.2, -0.15) is 4.72 Å². The number of benzene rings is 1. The molecule has 30 heavy (non-hydrogen) atoms. The Morgan fingerprint density at radius 2 is 1.80 bits per heavy atom. The van der Waals surface area contributed by atoms with Crippen molar-refractivity contribution < 1.29 is 18.0 Å². The average Bonchev–Trinajstić information content (AvgIpc) is 3.56. The average molecular weight is 436 g/mol. The number of carbonyl (C=O) groups is 2. The van der Waals surface area contributed by atoms with Gasteiger partial charge in [-0.3, -0.25) is 9.59 Å². The van der Waals surface area contributed by atoms with Gasteiger partial charge < -0.3 is 9.80 Å². The molecule has 1 aliphatic heterocycles. The first-order valence-electron chi connectivity index (χ1n) is 10.8. The summed E-state index contributed by atoms with van der Waals surface area (Å²) in [4.78, 5) is 29.5. The maximum Gasteiger partial charge on any atom is 0.241 e. The molecule has 1 N–H and O–H groups in total. The van der Waals surface area contributed by atoms with Gasteiger partial charge in [-0.15, -0.1) is 0 Å². The lowest BCUT2D eigenvalue weighted by molar-refractivity contribution is -0.144. The molecular weight excluding hydrogens is 402 g/mol. The number of hydrogen-bond donors (Lipinski definition) is 1. The van der Waals surface area contributed by atoms with Crippen LogP contribution in [0.1, 0.15) is 45.6 Å². The van der Waals surface area contributed by atoms with E-state index in [9.17, 15) is 18.0 Å². The Bertz CT molecular complexity index is 880. The van der Waals surface area contributed by atoms with Crippen molar-refractivity contribution >= 4 is 21.8 Å². The SMILES string of the molecule is CCC(C)C(NS(=O)(=O)c1ccc(C)cc1)C(=O)N1CCN(C(=O)C2CC2)C(C)C1. The maximum absolute atomic E-state index is 13.3. The smallest absolute Gasteiger partial charge is 0.241 e. The van der Waals surface area contributed by atoms with E-state index in [1.807, 2.05) is 32.6 Å². The van der Waals surface area contributed by atoms with Crippen LogP contribution in [-0.2, 0) is 19.6 Å². The lowest BCUT2D eigenvalue weighted by Gasteiger charge is -2.41. The standard InChI is InChI=1S/C22H33N3O4S/c1-5-16(3)20(23-30(28,29)19-10-6-15(2)7-11-19)22(27)24-12-13-25(17(4)14-24)21(26)18-8-9-18/h6-7,10-11,16-18,20,23H,5,8-9,12-14H2,1-4H3. The van der Waals surface area contributed by atoms with Crippen molar-refractivity contribution in [2.24, 2.45) is 11.8 Å². The highest BCUT2D eigenvalue weighted by molar-refractivity contribution is 7.89. The van der Waals surface area contributed by atoms with E-state index in [2.05, 4.69) is 4.72 Å². The van der Waals surface area contributed by atoms with Gasteiger partial charge in [0.1, 0.15) is 6.04 Å². The monoisotopic (exact) mass is 435 g/mol. The van der Waals surface area contributed by atoms with Crippen LogP contribution in [0.5, 0.6) is 0 Å². The van der Waals surface area contributed by atoms with E-state index in [0.29, 0.717) is 26.1 Å². The number of sulfonamides is 1. The summed E-state index contributed by atoms with van der Waals surface area (Å²) >= 11 is 0. The van der Waals surface area contributed by atoms with E-state index in [1.165, 1.54) is 0 Å². The Hall–Kier alpha value is -1.93. The van der Waals surface area contributed by atoms with Crippen LogP contribution in [0.25, 0.3) is 0 Å². The quantitative estimate of drug-likeness (QED) is 0.711. The number of carbonyl (C=O) groups excluding carboxylic acids is 2. The Labute approximate surface area is 179 Å². The predicted octanol–water partition coefficient (Wildman–Crippen LogP) is 2.16. The predicted molar refractivity (Wildman–Crippen MR) is 115 cm³/mol. The topological polar surface area (TPSA) is 86.8 Å². The van der Waals surface area contributed by atoms with Crippen molar-refractivity contribution in [3.8, 4) is 0 Å². The molecule has 1 heterocycles. The van der Waals surface area contributed by atoms with Gasteiger partial charge in [0.2, 0.25) is 21.8 Å². The molecule has 166 valence electrons. The summed E-state index contributed by atoms with van der Waals surface area (Å²) in [6, 6.07) is 5.69. The van der Waals surface area contributed by atoms with Crippen molar-refractivity contribution in [2.45, 2.75) is 63.9 Å². The molecule has 2 aliphatic rings. The fraction of sp³-hybridized carbons (Fsp3) is 0.636. The lowest BCUT2D eigenvalue weighted by Crippen LogP contribution is -2.60. The first-order chi connectivity index (χ1) is 14.1. The lowest BCUT2D eigenvalue weighted by atomic mass is 9.98. The Balaban J connectivity index is 1.73. The minimum atomic E-state index is -3.82. The molecule has 1 aromatic carbocycles. The molecule has 0 spiro atoms. The molecule has 3 unspecified atom stereocenters. The summed E-state index contributed by atoms with van der Waals surface area (Å²) in [5.41, 5.74) is 0.969. The first-order valence-corrected chi connectivity index (χ1v) is 12.3. The van der Waals surface area contributed by atoms with E-state index in [-0.39, 0.29) is 34.6 Å². The molecule has 8 heteroatoms. The van der Waals surface area contributed by atoms with Gasteiger partial charge in [0.15, 0.2) is 0 Å². The van der Waals surface area contributed by atoms with Crippen molar-refractivity contribution in [2.75, 3.05) is 19.6 Å². The largest absolute Gasteiger partial charge is 0.337 e. The summed E-state index contributed by atoms with van der Waals surface area (Å²) < 4.78 is 28.5. The highest BCUT2D eigenvalue weighted by Crippen LogP contribution is 2.32. The van der Waals surface area contributed by atoms with Crippen LogP contribution in [0.3, 0.4) is 0 Å². The van der Waals surface area contributed by atoms with Crippen molar-refractivity contribution in [3.05, 3.63) is 29.8 Å². The number of amides is 2. The van der Waals surface area contributed by atoms with E-state index in [4.69, 9.17) is 0 Å². The van der Waals surface area contributed by atoms with E-state index in [1.54, 1.807) is 29.2 Å². The van der Waals surface area contributed by atoms with Crippen molar-refractivity contribution in [3.63, 3.8) is 0 Å². The number of piperazine rings is 1. The molecule has 3 atom stereocenters.